The average molecular weight is 343 g/mol. The Morgan fingerprint density at radius 2 is 1.68 bits per heavy atom. The third kappa shape index (κ3) is 3.21. The molecule has 2 heterocycles. The minimum atomic E-state index is -0.376. The van der Waals surface area contributed by atoms with Gasteiger partial charge in [0.05, 0.1) is 17.4 Å². The summed E-state index contributed by atoms with van der Waals surface area (Å²) in [6.45, 7) is 4.73. The number of anilines is 2. The molecular weight excluding hydrogens is 320 g/mol. The van der Waals surface area contributed by atoms with Gasteiger partial charge in [0, 0.05) is 38.3 Å². The van der Waals surface area contributed by atoms with Gasteiger partial charge in [0.1, 0.15) is 11.6 Å². The average Bonchev–Trinajstić information content (AvgIpc) is 3.14. The molecule has 0 aromatic heterocycles. The van der Waals surface area contributed by atoms with Crippen molar-refractivity contribution in [2.75, 3.05) is 42.5 Å². The van der Waals surface area contributed by atoms with Crippen molar-refractivity contribution in [3.8, 4) is 0 Å². The second-order valence-electron chi connectivity index (χ2n) is 6.74. The Morgan fingerprint density at radius 1 is 0.920 bits per heavy atom. The summed E-state index contributed by atoms with van der Waals surface area (Å²) in [5, 5.41) is 3.38. The summed E-state index contributed by atoms with van der Waals surface area (Å²) in [5.41, 5.74) is 2.77. The Kier molecular flexibility index (Phi) is 4.57. The Hall–Kier alpha value is -2.14. The van der Waals surface area contributed by atoms with Gasteiger partial charge in [0.2, 0.25) is 0 Å². The molecule has 0 bridgehead atoms. The van der Waals surface area contributed by atoms with E-state index in [4.69, 9.17) is 0 Å². The molecule has 0 spiro atoms. The zero-order valence-electron chi connectivity index (χ0n) is 14.2. The summed E-state index contributed by atoms with van der Waals surface area (Å²) < 4.78 is 28.1. The first-order chi connectivity index (χ1) is 12.2. The molecule has 5 heteroatoms. The van der Waals surface area contributed by atoms with Crippen LogP contribution < -0.4 is 15.1 Å². The molecule has 2 saturated heterocycles. The molecule has 2 aliphatic heterocycles. The van der Waals surface area contributed by atoms with E-state index in [1.165, 1.54) is 23.9 Å². The molecule has 0 aliphatic carbocycles. The number of benzene rings is 2. The largest absolute Gasteiger partial charge is 0.367 e. The highest BCUT2D eigenvalue weighted by Crippen LogP contribution is 2.41. The molecule has 2 fully saturated rings. The summed E-state index contributed by atoms with van der Waals surface area (Å²) in [4.78, 5) is 4.62. The Balaban J connectivity index is 1.70. The number of nitrogens with one attached hydrogen (secondary N) is 1. The lowest BCUT2D eigenvalue weighted by molar-refractivity contribution is 0.560. The quantitative estimate of drug-likeness (QED) is 0.916. The molecule has 132 valence electrons. The third-order valence-electron chi connectivity index (χ3n) is 5.22. The van der Waals surface area contributed by atoms with E-state index in [9.17, 15) is 8.78 Å². The molecule has 25 heavy (non-hydrogen) atoms. The van der Waals surface area contributed by atoms with Gasteiger partial charge < -0.3 is 15.1 Å². The number of para-hydroxylation sites is 2. The van der Waals surface area contributed by atoms with Crippen LogP contribution in [0.15, 0.2) is 42.5 Å². The summed E-state index contributed by atoms with van der Waals surface area (Å²) in [5.74, 6) is -0.698. The van der Waals surface area contributed by atoms with Crippen molar-refractivity contribution in [3.63, 3.8) is 0 Å². The summed E-state index contributed by atoms with van der Waals surface area (Å²) in [6, 6.07) is 12.0. The molecule has 0 radical (unpaired) electrons. The van der Waals surface area contributed by atoms with Crippen molar-refractivity contribution in [1.29, 1.82) is 0 Å². The van der Waals surface area contributed by atoms with Gasteiger partial charge in [-0.2, -0.15) is 0 Å². The minimum Gasteiger partial charge on any atom is -0.367 e. The first-order valence-corrected chi connectivity index (χ1v) is 9.00. The second-order valence-corrected chi connectivity index (χ2v) is 6.74. The summed E-state index contributed by atoms with van der Waals surface area (Å²) >= 11 is 0. The molecule has 3 nitrogen and oxygen atoms in total. The maximum Gasteiger partial charge on any atom is 0.128 e. The van der Waals surface area contributed by atoms with E-state index in [1.807, 2.05) is 6.07 Å². The van der Waals surface area contributed by atoms with Crippen molar-refractivity contribution in [3.05, 3.63) is 59.7 Å². The molecule has 1 unspecified atom stereocenters. The van der Waals surface area contributed by atoms with Crippen LogP contribution in [0.5, 0.6) is 0 Å². The number of nitrogens with zero attached hydrogens (tertiary/aromatic N) is 2. The van der Waals surface area contributed by atoms with Gasteiger partial charge in [-0.1, -0.05) is 12.1 Å². The molecular formula is C20H23F2N3. The van der Waals surface area contributed by atoms with Crippen LogP contribution in [0.25, 0.3) is 0 Å². The fraction of sp³-hybridized carbons (Fsp3) is 0.400. The van der Waals surface area contributed by atoms with Gasteiger partial charge in [-0.15, -0.1) is 0 Å². The Bertz CT molecular complexity index is 743. The minimum absolute atomic E-state index is 0.111. The molecule has 2 aliphatic rings. The van der Waals surface area contributed by atoms with Gasteiger partial charge in [-0.05, 0) is 43.2 Å². The van der Waals surface area contributed by atoms with Crippen LogP contribution in [0, 0.1) is 11.6 Å². The van der Waals surface area contributed by atoms with Crippen molar-refractivity contribution in [1.82, 2.24) is 5.32 Å². The first-order valence-electron chi connectivity index (χ1n) is 9.00. The van der Waals surface area contributed by atoms with Crippen molar-refractivity contribution in [2.45, 2.75) is 18.9 Å². The fourth-order valence-corrected chi connectivity index (χ4v) is 4.03. The monoisotopic (exact) mass is 343 g/mol. The van der Waals surface area contributed by atoms with Crippen LogP contribution in [-0.4, -0.2) is 32.7 Å². The Labute approximate surface area is 147 Å². The van der Waals surface area contributed by atoms with E-state index in [1.54, 1.807) is 0 Å². The van der Waals surface area contributed by atoms with Crippen LogP contribution in [0.3, 0.4) is 0 Å². The lowest BCUT2D eigenvalue weighted by Crippen LogP contribution is -2.44. The lowest BCUT2D eigenvalue weighted by atomic mass is 10.0. The molecule has 2 aromatic rings. The van der Waals surface area contributed by atoms with Crippen molar-refractivity contribution < 1.29 is 8.78 Å². The van der Waals surface area contributed by atoms with E-state index < -0.39 is 0 Å². The summed E-state index contributed by atoms with van der Waals surface area (Å²) in [7, 11) is 0. The maximum absolute atomic E-state index is 14.4. The predicted octanol–water partition coefficient (Wildman–Crippen LogP) is 3.72. The summed E-state index contributed by atoms with van der Waals surface area (Å²) in [6.07, 6.45) is 1.83. The van der Waals surface area contributed by atoms with E-state index in [2.05, 4.69) is 33.3 Å². The van der Waals surface area contributed by atoms with E-state index >= 15 is 0 Å². The molecule has 1 N–H and O–H groups in total. The fourth-order valence-electron chi connectivity index (χ4n) is 4.03. The molecule has 1 atom stereocenters. The van der Waals surface area contributed by atoms with Gasteiger partial charge in [-0.25, -0.2) is 8.78 Å². The molecule has 2 aromatic carbocycles. The number of halogens is 2. The second kappa shape index (κ2) is 7.00. The normalized spacial score (nSPS) is 21.0. The molecule has 4 rings (SSSR count). The van der Waals surface area contributed by atoms with Crippen molar-refractivity contribution in [2.24, 2.45) is 0 Å². The van der Waals surface area contributed by atoms with Crippen LogP contribution in [0.2, 0.25) is 0 Å². The number of piperazine rings is 1. The van der Waals surface area contributed by atoms with Crippen LogP contribution in [-0.2, 0) is 0 Å². The molecule has 0 amide bonds. The zero-order valence-corrected chi connectivity index (χ0v) is 14.2. The van der Waals surface area contributed by atoms with E-state index in [0.29, 0.717) is 5.56 Å². The van der Waals surface area contributed by atoms with E-state index in [-0.39, 0.29) is 17.7 Å². The highest BCUT2D eigenvalue weighted by atomic mass is 19.1. The topological polar surface area (TPSA) is 18.5 Å². The molecule has 0 saturated carbocycles. The van der Waals surface area contributed by atoms with Gasteiger partial charge in [-0.3, -0.25) is 0 Å². The van der Waals surface area contributed by atoms with Gasteiger partial charge in [0.25, 0.3) is 0 Å². The third-order valence-corrected chi connectivity index (χ3v) is 5.22. The smallest absolute Gasteiger partial charge is 0.128 e. The van der Waals surface area contributed by atoms with Gasteiger partial charge >= 0.3 is 0 Å². The number of hydrogen-bond donors (Lipinski definition) is 1. The van der Waals surface area contributed by atoms with Gasteiger partial charge in [0.15, 0.2) is 0 Å². The Morgan fingerprint density at radius 3 is 2.48 bits per heavy atom. The maximum atomic E-state index is 14.4. The van der Waals surface area contributed by atoms with Crippen LogP contribution in [0.4, 0.5) is 20.2 Å². The predicted molar refractivity (Wildman–Crippen MR) is 97.2 cm³/mol. The highest BCUT2D eigenvalue weighted by Gasteiger charge is 2.31. The van der Waals surface area contributed by atoms with Crippen molar-refractivity contribution >= 4 is 11.4 Å². The van der Waals surface area contributed by atoms with E-state index in [0.717, 1.165) is 51.3 Å². The van der Waals surface area contributed by atoms with Crippen LogP contribution in [0.1, 0.15) is 24.4 Å². The first kappa shape index (κ1) is 16.3. The van der Waals surface area contributed by atoms with Crippen LogP contribution >= 0.6 is 0 Å². The zero-order chi connectivity index (χ0) is 17.2. The number of rotatable bonds is 3. The standard InChI is InChI=1S/C20H23F2N3/c21-15-7-8-17(22)16(14-15)18-6-3-11-25(18)20-5-2-1-4-19(20)24-12-9-23-10-13-24/h1-2,4-5,7-8,14,18,23H,3,6,9-13H2. The number of hydrogen-bond acceptors (Lipinski definition) is 3. The highest BCUT2D eigenvalue weighted by molar-refractivity contribution is 5.72. The lowest BCUT2D eigenvalue weighted by Gasteiger charge is -2.35. The SMILES string of the molecule is Fc1ccc(F)c(C2CCCN2c2ccccc2N2CCNCC2)c1.